The molecule has 0 radical (unpaired) electrons. The molecule has 1 aromatic rings. The van der Waals surface area contributed by atoms with E-state index in [2.05, 4.69) is 0 Å². The predicted molar refractivity (Wildman–Crippen MR) is 70.6 cm³/mol. The average molecular weight is 280 g/mol. The topological polar surface area (TPSA) is 60.9 Å². The van der Waals surface area contributed by atoms with Crippen LogP contribution in [0.4, 0.5) is 9.18 Å². The molecule has 5 nitrogen and oxygen atoms in total. The molecule has 20 heavy (non-hydrogen) atoms. The first kappa shape index (κ1) is 14.3. The summed E-state index contributed by atoms with van der Waals surface area (Å²) in [6, 6.07) is 5.86. The number of carbonyl (C=O) groups is 2. The summed E-state index contributed by atoms with van der Waals surface area (Å²) in [6.07, 6.45) is 1.65. The third-order valence-electron chi connectivity index (χ3n) is 3.23. The van der Waals surface area contributed by atoms with Gasteiger partial charge in [-0.05, 0) is 18.9 Å². The van der Waals surface area contributed by atoms with E-state index >= 15 is 0 Å². The molecule has 0 aromatic heterocycles. The second-order valence-electron chi connectivity index (χ2n) is 4.98. The summed E-state index contributed by atoms with van der Waals surface area (Å²) in [6.45, 7) is -0.195. The van der Waals surface area contributed by atoms with Crippen LogP contribution in [-0.4, -0.2) is 46.5 Å². The van der Waals surface area contributed by atoms with Crippen molar-refractivity contribution >= 4 is 12.0 Å². The normalized spacial score (nSPS) is 13.9. The Morgan fingerprint density at radius 1 is 1.35 bits per heavy atom. The van der Waals surface area contributed by atoms with Gasteiger partial charge in [0.05, 0.1) is 0 Å². The second kappa shape index (κ2) is 5.90. The highest BCUT2D eigenvalue weighted by molar-refractivity contribution is 5.80. The molecule has 1 aliphatic carbocycles. The van der Waals surface area contributed by atoms with E-state index in [1.54, 1.807) is 25.2 Å². The lowest BCUT2D eigenvalue weighted by atomic mass is 10.2. The summed E-state index contributed by atoms with van der Waals surface area (Å²) < 4.78 is 13.5. The van der Waals surface area contributed by atoms with Crippen molar-refractivity contribution in [2.75, 3.05) is 13.6 Å². The summed E-state index contributed by atoms with van der Waals surface area (Å²) in [5.74, 6) is -1.41. The van der Waals surface area contributed by atoms with Gasteiger partial charge < -0.3 is 14.9 Å². The molecule has 1 aliphatic rings. The molecule has 2 amide bonds. The highest BCUT2D eigenvalue weighted by Crippen LogP contribution is 2.27. The smallest absolute Gasteiger partial charge is 0.323 e. The molecule has 0 aliphatic heterocycles. The van der Waals surface area contributed by atoms with Crippen molar-refractivity contribution in [1.82, 2.24) is 9.80 Å². The van der Waals surface area contributed by atoms with E-state index in [1.807, 2.05) is 0 Å². The van der Waals surface area contributed by atoms with Crippen molar-refractivity contribution in [2.24, 2.45) is 0 Å². The van der Waals surface area contributed by atoms with Crippen LogP contribution in [0.25, 0.3) is 0 Å². The first-order valence-electron chi connectivity index (χ1n) is 6.46. The molecule has 1 fully saturated rings. The van der Waals surface area contributed by atoms with Crippen molar-refractivity contribution in [3.63, 3.8) is 0 Å². The first-order valence-corrected chi connectivity index (χ1v) is 6.46. The van der Waals surface area contributed by atoms with Crippen LogP contribution in [0.15, 0.2) is 24.3 Å². The van der Waals surface area contributed by atoms with E-state index in [0.29, 0.717) is 5.56 Å². The van der Waals surface area contributed by atoms with Gasteiger partial charge in [0.1, 0.15) is 12.4 Å². The number of urea groups is 1. The molecule has 0 atom stereocenters. The molecule has 0 bridgehead atoms. The molecule has 2 rings (SSSR count). The molecular formula is C14H17FN2O3. The van der Waals surface area contributed by atoms with Gasteiger partial charge >= 0.3 is 12.0 Å². The first-order chi connectivity index (χ1) is 9.49. The quantitative estimate of drug-likeness (QED) is 0.896. The van der Waals surface area contributed by atoms with Gasteiger partial charge in [-0.15, -0.1) is 0 Å². The number of nitrogens with zero attached hydrogens (tertiary/aromatic N) is 2. The number of carboxylic acids is 1. The molecule has 0 heterocycles. The summed E-state index contributed by atoms with van der Waals surface area (Å²) >= 11 is 0. The van der Waals surface area contributed by atoms with Crippen LogP contribution in [0.1, 0.15) is 18.4 Å². The minimum atomic E-state index is -1.04. The number of rotatable bonds is 5. The molecule has 0 unspecified atom stereocenters. The maximum atomic E-state index is 13.5. The fourth-order valence-electron chi connectivity index (χ4n) is 2.05. The number of amides is 2. The fourth-order valence-corrected chi connectivity index (χ4v) is 2.05. The van der Waals surface area contributed by atoms with Gasteiger partial charge in [-0.25, -0.2) is 9.18 Å². The van der Waals surface area contributed by atoms with Crippen molar-refractivity contribution in [3.05, 3.63) is 35.6 Å². The van der Waals surface area contributed by atoms with Crippen LogP contribution in [0.3, 0.4) is 0 Å². The predicted octanol–water partition coefficient (Wildman–Crippen LogP) is 1.93. The van der Waals surface area contributed by atoms with Gasteiger partial charge in [-0.2, -0.15) is 0 Å². The maximum Gasteiger partial charge on any atom is 0.323 e. The third-order valence-corrected chi connectivity index (χ3v) is 3.23. The lowest BCUT2D eigenvalue weighted by molar-refractivity contribution is -0.137. The van der Waals surface area contributed by atoms with Crippen LogP contribution in [-0.2, 0) is 11.3 Å². The maximum absolute atomic E-state index is 13.5. The Kier molecular flexibility index (Phi) is 4.22. The monoisotopic (exact) mass is 280 g/mol. The van der Waals surface area contributed by atoms with Crippen molar-refractivity contribution in [1.29, 1.82) is 0 Å². The Bertz CT molecular complexity index is 517. The van der Waals surface area contributed by atoms with Crippen LogP contribution >= 0.6 is 0 Å². The summed E-state index contributed by atoms with van der Waals surface area (Å²) in [5.41, 5.74) is 0.412. The number of halogens is 1. The van der Waals surface area contributed by atoms with E-state index in [0.717, 1.165) is 12.8 Å². The van der Waals surface area contributed by atoms with E-state index in [9.17, 15) is 14.0 Å². The van der Waals surface area contributed by atoms with Crippen molar-refractivity contribution in [2.45, 2.75) is 25.4 Å². The van der Waals surface area contributed by atoms with Gasteiger partial charge in [0.25, 0.3) is 0 Å². The molecule has 1 saturated carbocycles. The number of benzene rings is 1. The van der Waals surface area contributed by atoms with Crippen LogP contribution in [0.5, 0.6) is 0 Å². The SMILES string of the molecule is CN(Cc1ccccc1F)C(=O)N(CC(=O)O)C1CC1. The van der Waals surface area contributed by atoms with E-state index in [1.165, 1.54) is 15.9 Å². The number of carbonyl (C=O) groups excluding carboxylic acids is 1. The Balaban J connectivity index is 2.03. The van der Waals surface area contributed by atoms with Crippen LogP contribution in [0, 0.1) is 5.82 Å². The van der Waals surface area contributed by atoms with Gasteiger partial charge in [0.15, 0.2) is 0 Å². The lowest BCUT2D eigenvalue weighted by Gasteiger charge is -2.27. The van der Waals surface area contributed by atoms with Crippen LogP contribution in [0.2, 0.25) is 0 Å². The zero-order chi connectivity index (χ0) is 14.7. The van der Waals surface area contributed by atoms with E-state index in [-0.39, 0.29) is 31.0 Å². The van der Waals surface area contributed by atoms with Crippen molar-refractivity contribution < 1.29 is 19.1 Å². The Labute approximate surface area is 116 Å². The minimum absolute atomic E-state index is 0.00155. The number of carboxylic acid groups (broad SMARTS) is 1. The molecule has 108 valence electrons. The van der Waals surface area contributed by atoms with Gasteiger partial charge in [-0.3, -0.25) is 4.79 Å². The number of hydrogen-bond acceptors (Lipinski definition) is 2. The Hall–Kier alpha value is -2.11. The van der Waals surface area contributed by atoms with Gasteiger partial charge in [0, 0.05) is 25.2 Å². The molecule has 0 spiro atoms. The lowest BCUT2D eigenvalue weighted by Crippen LogP contribution is -2.44. The standard InChI is InChI=1S/C14H17FN2O3/c1-16(8-10-4-2-3-5-12(10)15)14(20)17(9-13(18)19)11-6-7-11/h2-5,11H,6-9H2,1H3,(H,18,19). The summed E-state index contributed by atoms with van der Waals surface area (Å²) in [7, 11) is 1.55. The van der Waals surface area contributed by atoms with Crippen molar-refractivity contribution in [3.8, 4) is 0 Å². The van der Waals surface area contributed by atoms with E-state index in [4.69, 9.17) is 5.11 Å². The highest BCUT2D eigenvalue weighted by Gasteiger charge is 2.35. The average Bonchev–Trinajstić information content (AvgIpc) is 3.22. The molecule has 1 N–H and O–H groups in total. The number of aliphatic carboxylic acids is 1. The zero-order valence-electron chi connectivity index (χ0n) is 11.3. The fraction of sp³-hybridized carbons (Fsp3) is 0.429. The Morgan fingerprint density at radius 3 is 2.55 bits per heavy atom. The highest BCUT2D eigenvalue weighted by atomic mass is 19.1. The molecule has 6 heteroatoms. The van der Waals surface area contributed by atoms with Crippen LogP contribution < -0.4 is 0 Å². The largest absolute Gasteiger partial charge is 0.480 e. The second-order valence-corrected chi connectivity index (χ2v) is 4.98. The third kappa shape index (κ3) is 3.46. The zero-order valence-corrected chi connectivity index (χ0v) is 11.3. The van der Waals surface area contributed by atoms with Gasteiger partial charge in [-0.1, -0.05) is 18.2 Å². The summed E-state index contributed by atoms with van der Waals surface area (Å²) in [4.78, 5) is 25.7. The number of hydrogen-bond donors (Lipinski definition) is 1. The molecular weight excluding hydrogens is 263 g/mol. The summed E-state index contributed by atoms with van der Waals surface area (Å²) in [5, 5.41) is 8.85. The van der Waals surface area contributed by atoms with E-state index < -0.39 is 5.97 Å². The molecule has 0 saturated heterocycles. The van der Waals surface area contributed by atoms with Gasteiger partial charge in [0.2, 0.25) is 0 Å². The Morgan fingerprint density at radius 2 is 2.00 bits per heavy atom. The minimum Gasteiger partial charge on any atom is -0.480 e. The molecule has 1 aromatic carbocycles.